The van der Waals surface area contributed by atoms with Crippen molar-refractivity contribution in [2.45, 2.75) is 64.4 Å². The molecular formula is C15H25N3O3S. The number of alkyl carbamates (subject to hydrolysis) is 1. The molecule has 6 nitrogen and oxygen atoms in total. The normalized spacial score (nSPS) is 24.6. The van der Waals surface area contributed by atoms with Gasteiger partial charge in [-0.05, 0) is 34.1 Å². The van der Waals surface area contributed by atoms with Crippen molar-refractivity contribution in [3.05, 3.63) is 16.6 Å². The summed E-state index contributed by atoms with van der Waals surface area (Å²) in [6.45, 7) is 8.89. The SMILES string of the molecule is CCOC1CC(NC(=O)OC(C)(C)C)C1NCc1nccs1. The van der Waals surface area contributed by atoms with Crippen LogP contribution in [0.25, 0.3) is 0 Å². The molecule has 7 heteroatoms. The van der Waals surface area contributed by atoms with Gasteiger partial charge in [-0.25, -0.2) is 9.78 Å². The van der Waals surface area contributed by atoms with E-state index in [9.17, 15) is 4.79 Å². The van der Waals surface area contributed by atoms with Crippen molar-refractivity contribution in [2.75, 3.05) is 6.61 Å². The largest absolute Gasteiger partial charge is 0.444 e. The van der Waals surface area contributed by atoms with E-state index in [1.165, 1.54) is 0 Å². The molecule has 1 amide bonds. The molecule has 1 aromatic heterocycles. The Morgan fingerprint density at radius 2 is 2.27 bits per heavy atom. The number of amides is 1. The van der Waals surface area contributed by atoms with Gasteiger partial charge in [0.05, 0.1) is 18.2 Å². The molecule has 1 aliphatic rings. The van der Waals surface area contributed by atoms with Gasteiger partial charge in [-0.2, -0.15) is 0 Å². The molecule has 1 aliphatic carbocycles. The maximum absolute atomic E-state index is 11.9. The number of nitrogens with zero attached hydrogens (tertiary/aromatic N) is 1. The van der Waals surface area contributed by atoms with Crippen LogP contribution in [0.2, 0.25) is 0 Å². The molecular weight excluding hydrogens is 302 g/mol. The van der Waals surface area contributed by atoms with Crippen LogP contribution in [-0.4, -0.2) is 41.5 Å². The van der Waals surface area contributed by atoms with Crippen molar-refractivity contribution < 1.29 is 14.3 Å². The smallest absolute Gasteiger partial charge is 0.407 e. The monoisotopic (exact) mass is 327 g/mol. The number of carbonyl (C=O) groups is 1. The molecule has 1 fully saturated rings. The standard InChI is InChI=1S/C15H25N3O3S/c1-5-20-11-8-10(18-14(19)21-15(2,3)4)13(11)17-9-12-16-6-7-22-12/h6-7,10-11,13,17H,5,8-9H2,1-4H3,(H,18,19). The molecule has 0 aliphatic heterocycles. The van der Waals surface area contributed by atoms with Gasteiger partial charge in [0.15, 0.2) is 0 Å². The third-order valence-electron chi connectivity index (χ3n) is 3.38. The number of thiazole rings is 1. The predicted molar refractivity (Wildman–Crippen MR) is 85.9 cm³/mol. The lowest BCUT2D eigenvalue weighted by Crippen LogP contribution is -2.66. The maximum Gasteiger partial charge on any atom is 0.407 e. The summed E-state index contributed by atoms with van der Waals surface area (Å²) < 4.78 is 11.0. The first-order chi connectivity index (χ1) is 10.4. The van der Waals surface area contributed by atoms with Crippen molar-refractivity contribution in [1.82, 2.24) is 15.6 Å². The topological polar surface area (TPSA) is 72.5 Å². The Hall–Kier alpha value is -1.18. The summed E-state index contributed by atoms with van der Waals surface area (Å²) in [4.78, 5) is 16.1. The van der Waals surface area contributed by atoms with Crippen molar-refractivity contribution in [2.24, 2.45) is 0 Å². The average Bonchev–Trinajstić information content (AvgIpc) is 2.88. The predicted octanol–water partition coefficient (Wildman–Crippen LogP) is 2.30. The van der Waals surface area contributed by atoms with E-state index in [1.807, 2.05) is 33.1 Å². The van der Waals surface area contributed by atoms with E-state index in [-0.39, 0.29) is 24.3 Å². The number of carbonyl (C=O) groups excluding carboxylic acids is 1. The molecule has 2 N–H and O–H groups in total. The fourth-order valence-corrected chi connectivity index (χ4v) is 2.99. The van der Waals surface area contributed by atoms with Crippen molar-refractivity contribution in [3.63, 3.8) is 0 Å². The number of rotatable bonds is 6. The van der Waals surface area contributed by atoms with Gasteiger partial charge >= 0.3 is 6.09 Å². The first kappa shape index (κ1) is 17.2. The van der Waals surface area contributed by atoms with Crippen LogP contribution >= 0.6 is 11.3 Å². The number of hydrogen-bond acceptors (Lipinski definition) is 6. The van der Waals surface area contributed by atoms with E-state index in [0.717, 1.165) is 11.4 Å². The summed E-state index contributed by atoms with van der Waals surface area (Å²) in [6.07, 6.45) is 2.32. The van der Waals surface area contributed by atoms with Crippen LogP contribution in [0.5, 0.6) is 0 Å². The first-order valence-electron chi connectivity index (χ1n) is 7.62. The van der Waals surface area contributed by atoms with Gasteiger partial charge in [0.25, 0.3) is 0 Å². The van der Waals surface area contributed by atoms with E-state index in [1.54, 1.807) is 17.5 Å². The molecule has 0 saturated heterocycles. The minimum atomic E-state index is -0.489. The third kappa shape index (κ3) is 4.93. The molecule has 0 radical (unpaired) electrons. The van der Waals surface area contributed by atoms with Gasteiger partial charge in [0.1, 0.15) is 10.6 Å². The number of hydrogen-bond donors (Lipinski definition) is 2. The molecule has 1 saturated carbocycles. The lowest BCUT2D eigenvalue weighted by molar-refractivity contribution is -0.0438. The van der Waals surface area contributed by atoms with Crippen LogP contribution in [0.4, 0.5) is 4.79 Å². The maximum atomic E-state index is 11.9. The van der Waals surface area contributed by atoms with Gasteiger partial charge in [-0.1, -0.05) is 0 Å². The average molecular weight is 327 g/mol. The molecule has 0 spiro atoms. The van der Waals surface area contributed by atoms with Crippen LogP contribution in [0, 0.1) is 0 Å². The highest BCUT2D eigenvalue weighted by atomic mass is 32.1. The van der Waals surface area contributed by atoms with Gasteiger partial charge in [0, 0.05) is 24.7 Å². The Morgan fingerprint density at radius 1 is 1.50 bits per heavy atom. The third-order valence-corrected chi connectivity index (χ3v) is 4.16. The van der Waals surface area contributed by atoms with E-state index in [0.29, 0.717) is 13.2 Å². The lowest BCUT2D eigenvalue weighted by Gasteiger charge is -2.44. The summed E-state index contributed by atoms with van der Waals surface area (Å²) in [7, 11) is 0. The number of aromatic nitrogens is 1. The van der Waals surface area contributed by atoms with Gasteiger partial charge < -0.3 is 20.1 Å². The second-order valence-electron chi connectivity index (χ2n) is 6.31. The first-order valence-corrected chi connectivity index (χ1v) is 8.50. The van der Waals surface area contributed by atoms with Crippen LogP contribution in [0.15, 0.2) is 11.6 Å². The molecule has 3 unspecified atom stereocenters. The second kappa shape index (κ2) is 7.39. The van der Waals surface area contributed by atoms with Crippen LogP contribution in [-0.2, 0) is 16.0 Å². The molecule has 0 bridgehead atoms. The van der Waals surface area contributed by atoms with Gasteiger partial charge in [0.2, 0.25) is 0 Å². The number of nitrogens with one attached hydrogen (secondary N) is 2. The van der Waals surface area contributed by atoms with Gasteiger partial charge in [-0.15, -0.1) is 11.3 Å². The molecule has 2 rings (SSSR count). The van der Waals surface area contributed by atoms with E-state index in [2.05, 4.69) is 15.6 Å². The minimum absolute atomic E-state index is 0.0198. The zero-order valence-corrected chi connectivity index (χ0v) is 14.4. The Bertz CT molecular complexity index is 473. The highest BCUT2D eigenvalue weighted by molar-refractivity contribution is 7.09. The Balaban J connectivity index is 1.85. The zero-order chi connectivity index (χ0) is 16.2. The van der Waals surface area contributed by atoms with Crippen LogP contribution < -0.4 is 10.6 Å². The Kier molecular flexibility index (Phi) is 5.77. The summed E-state index contributed by atoms with van der Waals surface area (Å²) in [5, 5.41) is 9.33. The highest BCUT2D eigenvalue weighted by Crippen LogP contribution is 2.25. The zero-order valence-electron chi connectivity index (χ0n) is 13.6. The molecule has 0 aromatic carbocycles. The molecule has 1 heterocycles. The van der Waals surface area contributed by atoms with Crippen molar-refractivity contribution in [1.29, 1.82) is 0 Å². The second-order valence-corrected chi connectivity index (χ2v) is 7.29. The van der Waals surface area contributed by atoms with E-state index < -0.39 is 5.60 Å². The van der Waals surface area contributed by atoms with E-state index in [4.69, 9.17) is 9.47 Å². The fraction of sp³-hybridized carbons (Fsp3) is 0.733. The minimum Gasteiger partial charge on any atom is -0.444 e. The van der Waals surface area contributed by atoms with Crippen molar-refractivity contribution in [3.8, 4) is 0 Å². The van der Waals surface area contributed by atoms with Crippen LogP contribution in [0.3, 0.4) is 0 Å². The Labute approximate surface area is 135 Å². The molecule has 22 heavy (non-hydrogen) atoms. The van der Waals surface area contributed by atoms with Gasteiger partial charge in [-0.3, -0.25) is 0 Å². The Morgan fingerprint density at radius 3 is 2.86 bits per heavy atom. The summed E-state index contributed by atoms with van der Waals surface area (Å²) in [5.74, 6) is 0. The van der Waals surface area contributed by atoms with Crippen molar-refractivity contribution >= 4 is 17.4 Å². The lowest BCUT2D eigenvalue weighted by atomic mass is 9.82. The number of ether oxygens (including phenoxy) is 2. The molecule has 124 valence electrons. The summed E-state index contributed by atoms with van der Waals surface area (Å²) >= 11 is 1.61. The molecule has 3 atom stereocenters. The summed E-state index contributed by atoms with van der Waals surface area (Å²) in [5.41, 5.74) is -0.489. The highest BCUT2D eigenvalue weighted by Gasteiger charge is 2.42. The molecule has 1 aromatic rings. The summed E-state index contributed by atoms with van der Waals surface area (Å²) in [6, 6.07) is 0.0998. The van der Waals surface area contributed by atoms with Crippen LogP contribution in [0.1, 0.15) is 39.1 Å². The fourth-order valence-electron chi connectivity index (χ4n) is 2.42. The quantitative estimate of drug-likeness (QED) is 0.839. The van der Waals surface area contributed by atoms with E-state index >= 15 is 0 Å².